The Morgan fingerprint density at radius 2 is 1.71 bits per heavy atom. The van der Waals surface area contributed by atoms with Gasteiger partial charge in [0.05, 0.1) is 17.2 Å². The number of benzene rings is 1. The summed E-state index contributed by atoms with van der Waals surface area (Å²) in [5, 5.41) is 7.01. The van der Waals surface area contributed by atoms with E-state index in [2.05, 4.69) is 20.6 Å². The second-order valence-corrected chi connectivity index (χ2v) is 5.81. The first-order valence-electron chi connectivity index (χ1n) is 8.11. The molecule has 0 amide bonds. The van der Waals surface area contributed by atoms with Gasteiger partial charge in [-0.05, 0) is 25.0 Å². The normalized spacial score (nSPS) is 16.8. The molecule has 0 radical (unpaired) electrons. The summed E-state index contributed by atoms with van der Waals surface area (Å²) in [6.07, 6.45) is 10.0. The summed E-state index contributed by atoms with van der Waals surface area (Å²) in [4.78, 5) is 8.99. The molecule has 0 spiro atoms. The number of fused-ring (bicyclic) bond motifs is 1. The first kappa shape index (κ1) is 14.3. The van der Waals surface area contributed by atoms with Crippen molar-refractivity contribution >= 4 is 16.9 Å². The molecular formula is C17H24N4. The zero-order valence-corrected chi connectivity index (χ0v) is 12.5. The van der Waals surface area contributed by atoms with Crippen LogP contribution in [0.5, 0.6) is 0 Å². The third-order valence-corrected chi connectivity index (χ3v) is 4.17. The lowest BCUT2D eigenvalue weighted by atomic mass is 10.1. The molecule has 0 atom stereocenters. The van der Waals surface area contributed by atoms with Crippen LogP contribution >= 0.6 is 0 Å². The number of nitrogens with one attached hydrogen (secondary N) is 2. The topological polar surface area (TPSA) is 49.8 Å². The molecule has 112 valence electrons. The average Bonchev–Trinajstić information content (AvgIpc) is 2.80. The summed E-state index contributed by atoms with van der Waals surface area (Å²) in [7, 11) is 0. The zero-order valence-electron chi connectivity index (χ0n) is 12.5. The standard InChI is InChI=1S/C17H24N4/c1-2-4-8-14(7-3-1)18-11-12-19-17-13-20-15-9-5-6-10-16(15)21-17/h5-6,9-10,13-14,18H,1-4,7-8,11-12H2,(H,19,21). The van der Waals surface area contributed by atoms with Gasteiger partial charge in [-0.2, -0.15) is 0 Å². The molecule has 0 aliphatic heterocycles. The third kappa shape index (κ3) is 4.14. The molecule has 21 heavy (non-hydrogen) atoms. The minimum atomic E-state index is 0.706. The van der Waals surface area contributed by atoms with Crippen LogP contribution < -0.4 is 10.6 Å². The van der Waals surface area contributed by atoms with Crippen LogP contribution in [0.15, 0.2) is 30.5 Å². The fourth-order valence-corrected chi connectivity index (χ4v) is 2.99. The SMILES string of the molecule is c1ccc2nc(NCCNC3CCCCCC3)cnc2c1. The Labute approximate surface area is 126 Å². The molecule has 0 saturated heterocycles. The Hall–Kier alpha value is -1.68. The van der Waals surface area contributed by atoms with E-state index in [1.165, 1.54) is 38.5 Å². The molecule has 0 unspecified atom stereocenters. The van der Waals surface area contributed by atoms with Crippen molar-refractivity contribution in [2.75, 3.05) is 18.4 Å². The maximum absolute atomic E-state index is 4.57. The Morgan fingerprint density at radius 3 is 2.52 bits per heavy atom. The first-order chi connectivity index (χ1) is 10.4. The third-order valence-electron chi connectivity index (χ3n) is 4.17. The Morgan fingerprint density at radius 1 is 0.952 bits per heavy atom. The van der Waals surface area contributed by atoms with Crippen molar-refractivity contribution in [3.8, 4) is 0 Å². The van der Waals surface area contributed by atoms with Crippen LogP contribution in [0.2, 0.25) is 0 Å². The molecule has 1 fully saturated rings. The van der Waals surface area contributed by atoms with Crippen molar-refractivity contribution in [3.63, 3.8) is 0 Å². The van der Waals surface area contributed by atoms with Crippen molar-refractivity contribution in [1.29, 1.82) is 0 Å². The zero-order chi connectivity index (χ0) is 14.3. The van der Waals surface area contributed by atoms with E-state index in [-0.39, 0.29) is 0 Å². The highest BCUT2D eigenvalue weighted by molar-refractivity contribution is 5.75. The van der Waals surface area contributed by atoms with Crippen molar-refractivity contribution in [2.24, 2.45) is 0 Å². The van der Waals surface area contributed by atoms with E-state index in [1.54, 1.807) is 0 Å². The summed E-state index contributed by atoms with van der Waals surface area (Å²) in [6.45, 7) is 1.88. The summed E-state index contributed by atoms with van der Waals surface area (Å²) in [6, 6.07) is 8.67. The monoisotopic (exact) mass is 284 g/mol. The minimum Gasteiger partial charge on any atom is -0.367 e. The highest BCUT2D eigenvalue weighted by Crippen LogP contribution is 2.17. The highest BCUT2D eigenvalue weighted by Gasteiger charge is 2.10. The van der Waals surface area contributed by atoms with E-state index in [9.17, 15) is 0 Å². The number of hydrogen-bond acceptors (Lipinski definition) is 4. The molecule has 1 aliphatic rings. The second-order valence-electron chi connectivity index (χ2n) is 5.81. The lowest BCUT2D eigenvalue weighted by molar-refractivity contribution is 0.468. The predicted octanol–water partition coefficient (Wildman–Crippen LogP) is 3.35. The molecule has 1 saturated carbocycles. The predicted molar refractivity (Wildman–Crippen MR) is 87.5 cm³/mol. The van der Waals surface area contributed by atoms with Gasteiger partial charge in [0.15, 0.2) is 0 Å². The minimum absolute atomic E-state index is 0.706. The van der Waals surface area contributed by atoms with E-state index in [0.29, 0.717) is 6.04 Å². The highest BCUT2D eigenvalue weighted by atomic mass is 15.0. The number of nitrogens with zero attached hydrogens (tertiary/aromatic N) is 2. The van der Waals surface area contributed by atoms with Crippen LogP contribution in [0.25, 0.3) is 11.0 Å². The first-order valence-corrected chi connectivity index (χ1v) is 8.11. The quantitative estimate of drug-likeness (QED) is 0.653. The number of aromatic nitrogens is 2. The maximum atomic E-state index is 4.57. The van der Waals surface area contributed by atoms with Gasteiger partial charge < -0.3 is 10.6 Å². The van der Waals surface area contributed by atoms with Crippen LogP contribution in [-0.4, -0.2) is 29.1 Å². The molecule has 3 rings (SSSR count). The van der Waals surface area contributed by atoms with Crippen LogP contribution in [0.3, 0.4) is 0 Å². The van der Waals surface area contributed by atoms with Gasteiger partial charge in [0, 0.05) is 19.1 Å². The van der Waals surface area contributed by atoms with Crippen LogP contribution in [0, 0.1) is 0 Å². The van der Waals surface area contributed by atoms with E-state index < -0.39 is 0 Å². The van der Waals surface area contributed by atoms with Crippen molar-refractivity contribution in [2.45, 2.75) is 44.6 Å². The van der Waals surface area contributed by atoms with Crippen LogP contribution in [0.4, 0.5) is 5.82 Å². The van der Waals surface area contributed by atoms with Crippen molar-refractivity contribution in [3.05, 3.63) is 30.5 Å². The van der Waals surface area contributed by atoms with Gasteiger partial charge >= 0.3 is 0 Å². The molecule has 1 aliphatic carbocycles. The van der Waals surface area contributed by atoms with Crippen LogP contribution in [0.1, 0.15) is 38.5 Å². The van der Waals surface area contributed by atoms with Gasteiger partial charge in [0.25, 0.3) is 0 Å². The lowest BCUT2D eigenvalue weighted by Crippen LogP contribution is -2.32. The maximum Gasteiger partial charge on any atom is 0.145 e. The van der Waals surface area contributed by atoms with Gasteiger partial charge in [0.2, 0.25) is 0 Å². The smallest absolute Gasteiger partial charge is 0.145 e. The fourth-order valence-electron chi connectivity index (χ4n) is 2.99. The summed E-state index contributed by atoms with van der Waals surface area (Å²) in [5.74, 6) is 0.858. The summed E-state index contributed by atoms with van der Waals surface area (Å²) in [5.41, 5.74) is 1.89. The molecule has 2 N–H and O–H groups in total. The number of para-hydroxylation sites is 2. The van der Waals surface area contributed by atoms with Gasteiger partial charge in [-0.25, -0.2) is 4.98 Å². The van der Waals surface area contributed by atoms with Gasteiger partial charge in [0.1, 0.15) is 5.82 Å². The van der Waals surface area contributed by atoms with Gasteiger partial charge in [-0.1, -0.05) is 37.8 Å². The summed E-state index contributed by atoms with van der Waals surface area (Å²) >= 11 is 0. The largest absolute Gasteiger partial charge is 0.367 e. The van der Waals surface area contributed by atoms with E-state index in [0.717, 1.165) is 29.9 Å². The van der Waals surface area contributed by atoms with E-state index in [4.69, 9.17) is 0 Å². The number of anilines is 1. The second kappa shape index (κ2) is 7.36. The lowest BCUT2D eigenvalue weighted by Gasteiger charge is -2.16. The average molecular weight is 284 g/mol. The Balaban J connectivity index is 1.45. The van der Waals surface area contributed by atoms with E-state index in [1.807, 2.05) is 30.5 Å². The fraction of sp³-hybridized carbons (Fsp3) is 0.529. The molecule has 2 aromatic rings. The van der Waals surface area contributed by atoms with E-state index >= 15 is 0 Å². The summed E-state index contributed by atoms with van der Waals surface area (Å²) < 4.78 is 0. The number of hydrogen-bond donors (Lipinski definition) is 2. The molecular weight excluding hydrogens is 260 g/mol. The molecule has 1 aromatic carbocycles. The number of rotatable bonds is 5. The molecule has 1 aromatic heterocycles. The van der Waals surface area contributed by atoms with Crippen molar-refractivity contribution in [1.82, 2.24) is 15.3 Å². The van der Waals surface area contributed by atoms with Crippen LogP contribution in [-0.2, 0) is 0 Å². The Kier molecular flexibility index (Phi) is 5.00. The Bertz CT molecular complexity index is 561. The van der Waals surface area contributed by atoms with Gasteiger partial charge in [-0.3, -0.25) is 4.98 Å². The molecule has 4 heteroatoms. The molecule has 0 bridgehead atoms. The molecule has 4 nitrogen and oxygen atoms in total. The van der Waals surface area contributed by atoms with Crippen molar-refractivity contribution < 1.29 is 0 Å². The van der Waals surface area contributed by atoms with Gasteiger partial charge in [-0.15, -0.1) is 0 Å². The molecule has 1 heterocycles.